The van der Waals surface area contributed by atoms with E-state index >= 15 is 0 Å². The summed E-state index contributed by atoms with van der Waals surface area (Å²) >= 11 is 0. The maximum Gasteiger partial charge on any atom is 0.229 e. The number of methoxy groups -OCH3 is 3. The lowest BCUT2D eigenvalue weighted by Gasteiger charge is -2.15. The van der Waals surface area contributed by atoms with E-state index in [4.69, 9.17) is 14.2 Å². The summed E-state index contributed by atoms with van der Waals surface area (Å²) in [6.07, 6.45) is 3.41. The van der Waals surface area contributed by atoms with Gasteiger partial charge in [-0.1, -0.05) is 12.1 Å². The van der Waals surface area contributed by atoms with E-state index in [0.29, 0.717) is 34.7 Å². The Morgan fingerprint density at radius 2 is 1.67 bits per heavy atom. The molecule has 0 aliphatic heterocycles. The molecular formula is C21H24N6O3. The van der Waals surface area contributed by atoms with Crippen LogP contribution >= 0.6 is 0 Å². The third-order valence-electron chi connectivity index (χ3n) is 4.08. The predicted molar refractivity (Wildman–Crippen MR) is 118 cm³/mol. The van der Waals surface area contributed by atoms with Crippen molar-refractivity contribution in [1.29, 1.82) is 0 Å². The summed E-state index contributed by atoms with van der Waals surface area (Å²) in [7, 11) is 6.45. The maximum absolute atomic E-state index is 5.39. The highest BCUT2D eigenvalue weighted by Gasteiger charge is 2.14. The maximum atomic E-state index is 5.39. The molecule has 0 atom stereocenters. The first kappa shape index (κ1) is 20.7. The number of hydrogen-bond acceptors (Lipinski definition) is 9. The number of nitrogens with zero attached hydrogens (tertiary/aromatic N) is 3. The Labute approximate surface area is 175 Å². The highest BCUT2D eigenvalue weighted by molar-refractivity contribution is 5.81. The van der Waals surface area contributed by atoms with Gasteiger partial charge in [-0.15, -0.1) is 0 Å². The summed E-state index contributed by atoms with van der Waals surface area (Å²) in [5.74, 6) is 2.65. The van der Waals surface area contributed by atoms with Crippen molar-refractivity contribution < 1.29 is 14.2 Å². The lowest BCUT2D eigenvalue weighted by atomic mass is 10.2. The topological polar surface area (TPSA) is 102 Å². The van der Waals surface area contributed by atoms with E-state index in [1.807, 2.05) is 24.3 Å². The zero-order valence-electron chi connectivity index (χ0n) is 17.3. The molecule has 0 unspecified atom stereocenters. The Morgan fingerprint density at radius 3 is 2.33 bits per heavy atom. The number of hydrazone groups is 1. The van der Waals surface area contributed by atoms with E-state index < -0.39 is 0 Å². The van der Waals surface area contributed by atoms with Gasteiger partial charge < -0.3 is 30.3 Å². The van der Waals surface area contributed by atoms with Gasteiger partial charge in [0.2, 0.25) is 11.7 Å². The van der Waals surface area contributed by atoms with Crippen LogP contribution in [0.4, 0.5) is 23.1 Å². The molecule has 0 saturated heterocycles. The molecule has 0 radical (unpaired) electrons. The molecule has 0 saturated carbocycles. The molecule has 3 rings (SSSR count). The minimum Gasteiger partial charge on any atom is -0.493 e. The summed E-state index contributed by atoms with van der Waals surface area (Å²) in [6.45, 7) is 0. The largest absolute Gasteiger partial charge is 0.493 e. The standard InChI is InChI=1S/C21H24N6O3/c1-22-24-13-14-6-5-7-15(10-14)25-19-8-9-23-21(27-19)26-16-11-17(28-2)20(30-4)18(12-16)29-3/h5-13,22H,1-4H3,(H2,23,25,26,27)/b24-13-. The van der Waals surface area contributed by atoms with Crippen LogP contribution in [0.15, 0.2) is 53.8 Å². The van der Waals surface area contributed by atoms with Crippen LogP contribution in [-0.2, 0) is 0 Å². The van der Waals surface area contributed by atoms with E-state index in [-0.39, 0.29) is 0 Å². The number of hydrogen-bond donors (Lipinski definition) is 3. The van der Waals surface area contributed by atoms with Gasteiger partial charge in [-0.3, -0.25) is 0 Å². The van der Waals surface area contributed by atoms with Gasteiger partial charge in [-0.2, -0.15) is 10.1 Å². The minimum absolute atomic E-state index is 0.419. The van der Waals surface area contributed by atoms with E-state index in [2.05, 4.69) is 31.1 Å². The summed E-state index contributed by atoms with van der Waals surface area (Å²) in [5, 5.41) is 10.5. The van der Waals surface area contributed by atoms with Crippen molar-refractivity contribution in [3.63, 3.8) is 0 Å². The van der Waals surface area contributed by atoms with Gasteiger partial charge in [-0.25, -0.2) is 4.98 Å². The molecule has 9 nitrogen and oxygen atoms in total. The van der Waals surface area contributed by atoms with Gasteiger partial charge in [0.15, 0.2) is 11.5 Å². The number of rotatable bonds is 9. The molecular weight excluding hydrogens is 384 g/mol. The van der Waals surface area contributed by atoms with Crippen LogP contribution in [0.5, 0.6) is 17.2 Å². The molecule has 3 N–H and O–H groups in total. The first-order valence-electron chi connectivity index (χ1n) is 9.13. The summed E-state index contributed by atoms with van der Waals surface area (Å²) in [6, 6.07) is 13.2. The average molecular weight is 408 g/mol. The van der Waals surface area contributed by atoms with Gasteiger partial charge in [0, 0.05) is 36.8 Å². The third-order valence-corrected chi connectivity index (χ3v) is 4.08. The zero-order chi connectivity index (χ0) is 21.3. The average Bonchev–Trinajstić information content (AvgIpc) is 2.77. The summed E-state index contributed by atoms with van der Waals surface area (Å²) < 4.78 is 16.1. The van der Waals surface area contributed by atoms with Crippen LogP contribution in [0, 0.1) is 0 Å². The van der Waals surface area contributed by atoms with Gasteiger partial charge in [0.25, 0.3) is 0 Å². The van der Waals surface area contributed by atoms with E-state index in [0.717, 1.165) is 11.3 Å². The van der Waals surface area contributed by atoms with E-state index in [9.17, 15) is 0 Å². The molecule has 1 heterocycles. The first-order chi connectivity index (χ1) is 14.7. The first-order valence-corrected chi connectivity index (χ1v) is 9.13. The van der Waals surface area contributed by atoms with E-state index in [1.165, 1.54) is 0 Å². The predicted octanol–water partition coefficient (Wildman–Crippen LogP) is 3.54. The van der Waals surface area contributed by atoms with Crippen LogP contribution < -0.4 is 30.3 Å². The molecule has 0 spiro atoms. The molecule has 1 aromatic heterocycles. The van der Waals surface area contributed by atoms with Crippen molar-refractivity contribution in [2.75, 3.05) is 39.0 Å². The molecule has 0 bridgehead atoms. The molecule has 30 heavy (non-hydrogen) atoms. The highest BCUT2D eigenvalue weighted by atomic mass is 16.5. The van der Waals surface area contributed by atoms with Crippen LogP contribution in [0.25, 0.3) is 0 Å². The summed E-state index contributed by atoms with van der Waals surface area (Å²) in [4.78, 5) is 8.80. The Kier molecular flexibility index (Phi) is 6.88. The van der Waals surface area contributed by atoms with Crippen LogP contribution in [0.2, 0.25) is 0 Å². The lowest BCUT2D eigenvalue weighted by Crippen LogP contribution is -2.02. The SMILES string of the molecule is CN/N=C\c1cccc(Nc2ccnc(Nc3cc(OC)c(OC)c(OC)c3)n2)c1. The molecule has 3 aromatic rings. The van der Waals surface area contributed by atoms with Crippen molar-refractivity contribution >= 4 is 29.4 Å². The van der Waals surface area contributed by atoms with Gasteiger partial charge >= 0.3 is 0 Å². The Bertz CT molecular complexity index is 1000. The Balaban J connectivity index is 1.80. The van der Waals surface area contributed by atoms with Crippen LogP contribution in [0.1, 0.15) is 5.56 Å². The van der Waals surface area contributed by atoms with Crippen molar-refractivity contribution in [1.82, 2.24) is 15.4 Å². The molecule has 156 valence electrons. The smallest absolute Gasteiger partial charge is 0.229 e. The number of aromatic nitrogens is 2. The van der Waals surface area contributed by atoms with Crippen molar-refractivity contribution in [3.8, 4) is 17.2 Å². The van der Waals surface area contributed by atoms with Crippen LogP contribution in [0.3, 0.4) is 0 Å². The second kappa shape index (κ2) is 9.97. The van der Waals surface area contributed by atoms with E-state index in [1.54, 1.807) is 59.0 Å². The fraction of sp³-hybridized carbons (Fsp3) is 0.190. The molecule has 0 fully saturated rings. The fourth-order valence-electron chi connectivity index (χ4n) is 2.75. The van der Waals surface area contributed by atoms with Crippen LogP contribution in [-0.4, -0.2) is 44.6 Å². The molecule has 0 amide bonds. The lowest BCUT2D eigenvalue weighted by molar-refractivity contribution is 0.324. The van der Waals surface area contributed by atoms with Gasteiger partial charge in [0.1, 0.15) is 5.82 Å². The second-order valence-corrected chi connectivity index (χ2v) is 6.04. The second-order valence-electron chi connectivity index (χ2n) is 6.04. The summed E-state index contributed by atoms with van der Waals surface area (Å²) in [5.41, 5.74) is 5.27. The zero-order valence-corrected chi connectivity index (χ0v) is 17.3. The monoisotopic (exact) mass is 408 g/mol. The Morgan fingerprint density at radius 1 is 0.900 bits per heavy atom. The number of benzene rings is 2. The molecule has 0 aliphatic carbocycles. The van der Waals surface area contributed by atoms with Crippen molar-refractivity contribution in [2.24, 2.45) is 5.10 Å². The molecule has 9 heteroatoms. The number of ether oxygens (including phenoxy) is 3. The number of anilines is 4. The quantitative estimate of drug-likeness (QED) is 0.365. The fourth-order valence-corrected chi connectivity index (χ4v) is 2.75. The third kappa shape index (κ3) is 5.07. The molecule has 2 aromatic carbocycles. The Hall–Kier alpha value is -4.01. The van der Waals surface area contributed by atoms with Gasteiger partial charge in [0.05, 0.1) is 27.5 Å². The van der Waals surface area contributed by atoms with Gasteiger partial charge in [-0.05, 0) is 23.8 Å². The van der Waals surface area contributed by atoms with Crippen molar-refractivity contribution in [2.45, 2.75) is 0 Å². The number of nitrogens with one attached hydrogen (secondary N) is 3. The van der Waals surface area contributed by atoms with Crippen molar-refractivity contribution in [3.05, 3.63) is 54.2 Å². The molecule has 0 aliphatic rings. The highest BCUT2D eigenvalue weighted by Crippen LogP contribution is 2.40. The normalized spacial score (nSPS) is 10.5. The minimum atomic E-state index is 0.419.